The van der Waals surface area contributed by atoms with E-state index in [1.807, 2.05) is 29.8 Å². The second-order valence-electron chi connectivity index (χ2n) is 5.38. The Morgan fingerprint density at radius 3 is 2.47 bits per heavy atom. The molecule has 0 unspecified atom stereocenters. The summed E-state index contributed by atoms with van der Waals surface area (Å²) in [5.74, 6) is 2.41. The van der Waals surface area contributed by atoms with Crippen LogP contribution in [0.1, 0.15) is 43.3 Å². The lowest BCUT2D eigenvalue weighted by molar-refractivity contribution is 0.384. The molecule has 0 bridgehead atoms. The van der Waals surface area contributed by atoms with Gasteiger partial charge in [-0.15, -0.1) is 0 Å². The molecule has 0 aliphatic heterocycles. The van der Waals surface area contributed by atoms with E-state index in [1.165, 1.54) is 0 Å². The highest BCUT2D eigenvalue weighted by atomic mass is 15.3. The molecule has 4 nitrogen and oxygen atoms in total. The van der Waals surface area contributed by atoms with Crippen molar-refractivity contribution in [2.45, 2.75) is 44.6 Å². The third kappa shape index (κ3) is 2.54. The van der Waals surface area contributed by atoms with Gasteiger partial charge in [0.05, 0.1) is 5.69 Å². The smallest absolute Gasteiger partial charge is 0.154 e. The monoisotopic (exact) mass is 256 g/mol. The number of aromatic nitrogens is 3. The van der Waals surface area contributed by atoms with E-state index < -0.39 is 0 Å². The summed E-state index contributed by atoms with van der Waals surface area (Å²) in [7, 11) is 0. The summed E-state index contributed by atoms with van der Waals surface area (Å²) in [6.07, 6.45) is 4.39. The largest absolute Gasteiger partial charge is 0.328 e. The molecule has 0 radical (unpaired) electrons. The minimum Gasteiger partial charge on any atom is -0.328 e. The van der Waals surface area contributed by atoms with Gasteiger partial charge in [0.2, 0.25) is 0 Å². The molecule has 3 rings (SSSR count). The second kappa shape index (κ2) is 5.13. The molecular formula is C15H20N4. The number of rotatable bonds is 2. The van der Waals surface area contributed by atoms with Crippen LogP contribution in [0.15, 0.2) is 30.3 Å². The van der Waals surface area contributed by atoms with Crippen LogP contribution in [0, 0.1) is 6.92 Å². The topological polar surface area (TPSA) is 56.7 Å². The standard InChI is InChI=1S/C15H20N4/c1-11-17-15(12-7-9-13(16)10-8-12)18-19(11)14-5-3-2-4-6-14/h2-6,12-13H,7-10,16H2,1H3. The van der Waals surface area contributed by atoms with Crippen LogP contribution in [0.5, 0.6) is 0 Å². The number of hydrogen-bond donors (Lipinski definition) is 1. The predicted octanol–water partition coefficient (Wildman–Crippen LogP) is 2.56. The van der Waals surface area contributed by atoms with Crippen LogP contribution in [-0.2, 0) is 0 Å². The summed E-state index contributed by atoms with van der Waals surface area (Å²) in [5.41, 5.74) is 7.03. The van der Waals surface area contributed by atoms with Crippen molar-refractivity contribution >= 4 is 0 Å². The molecule has 1 aromatic heterocycles. The number of benzene rings is 1. The van der Waals surface area contributed by atoms with Gasteiger partial charge in [-0.2, -0.15) is 5.10 Å². The van der Waals surface area contributed by atoms with Crippen LogP contribution in [0.4, 0.5) is 0 Å². The summed E-state index contributed by atoms with van der Waals surface area (Å²) in [6, 6.07) is 10.5. The third-order valence-electron chi connectivity index (χ3n) is 3.92. The highest BCUT2D eigenvalue weighted by molar-refractivity contribution is 5.31. The van der Waals surface area contributed by atoms with Crippen molar-refractivity contribution in [2.24, 2.45) is 5.73 Å². The minimum atomic E-state index is 0.369. The van der Waals surface area contributed by atoms with E-state index in [-0.39, 0.29) is 0 Å². The Bertz CT molecular complexity index is 539. The molecule has 4 heteroatoms. The normalized spacial score (nSPS) is 23.5. The second-order valence-corrected chi connectivity index (χ2v) is 5.38. The Labute approximate surface area is 113 Å². The zero-order chi connectivity index (χ0) is 13.2. The van der Waals surface area contributed by atoms with Gasteiger partial charge in [0.15, 0.2) is 5.82 Å². The maximum Gasteiger partial charge on any atom is 0.154 e. The van der Waals surface area contributed by atoms with Gasteiger partial charge in [-0.3, -0.25) is 0 Å². The first kappa shape index (κ1) is 12.4. The minimum absolute atomic E-state index is 0.369. The van der Waals surface area contributed by atoms with Crippen molar-refractivity contribution in [3.8, 4) is 5.69 Å². The van der Waals surface area contributed by atoms with Crippen molar-refractivity contribution in [1.82, 2.24) is 14.8 Å². The lowest BCUT2D eigenvalue weighted by atomic mass is 9.86. The number of nitrogens with two attached hydrogens (primary N) is 1. The predicted molar refractivity (Wildman–Crippen MR) is 75.3 cm³/mol. The highest BCUT2D eigenvalue weighted by Crippen LogP contribution is 2.30. The van der Waals surface area contributed by atoms with Crippen LogP contribution < -0.4 is 5.73 Å². The molecule has 1 aliphatic carbocycles. The molecule has 19 heavy (non-hydrogen) atoms. The lowest BCUT2D eigenvalue weighted by Gasteiger charge is -2.23. The van der Waals surface area contributed by atoms with Gasteiger partial charge in [-0.1, -0.05) is 18.2 Å². The van der Waals surface area contributed by atoms with Crippen LogP contribution >= 0.6 is 0 Å². The van der Waals surface area contributed by atoms with Gasteiger partial charge in [0.25, 0.3) is 0 Å². The number of para-hydroxylation sites is 1. The fourth-order valence-corrected chi connectivity index (χ4v) is 2.77. The van der Waals surface area contributed by atoms with E-state index >= 15 is 0 Å². The molecule has 0 amide bonds. The molecule has 0 saturated heterocycles. The molecule has 0 atom stereocenters. The fraction of sp³-hybridized carbons (Fsp3) is 0.467. The maximum absolute atomic E-state index is 5.96. The van der Waals surface area contributed by atoms with Crippen LogP contribution in [0.2, 0.25) is 0 Å². The maximum atomic E-state index is 5.96. The summed E-state index contributed by atoms with van der Waals surface area (Å²) < 4.78 is 1.93. The molecular weight excluding hydrogens is 236 g/mol. The number of hydrogen-bond acceptors (Lipinski definition) is 3. The van der Waals surface area contributed by atoms with Gasteiger partial charge in [0, 0.05) is 12.0 Å². The first-order valence-corrected chi connectivity index (χ1v) is 6.98. The lowest BCUT2D eigenvalue weighted by Crippen LogP contribution is -2.26. The van der Waals surface area contributed by atoms with Gasteiger partial charge < -0.3 is 5.73 Å². The molecule has 2 N–H and O–H groups in total. The Morgan fingerprint density at radius 1 is 1.11 bits per heavy atom. The summed E-state index contributed by atoms with van der Waals surface area (Å²) in [5, 5.41) is 4.69. The van der Waals surface area contributed by atoms with Crippen molar-refractivity contribution in [2.75, 3.05) is 0 Å². The molecule has 1 aromatic carbocycles. The Balaban J connectivity index is 1.85. The van der Waals surface area contributed by atoms with Crippen molar-refractivity contribution < 1.29 is 0 Å². The quantitative estimate of drug-likeness (QED) is 0.898. The average Bonchev–Trinajstić information content (AvgIpc) is 2.83. The molecule has 1 aliphatic rings. The number of aryl methyl sites for hydroxylation is 1. The van der Waals surface area contributed by atoms with E-state index in [0.717, 1.165) is 43.0 Å². The summed E-state index contributed by atoms with van der Waals surface area (Å²) >= 11 is 0. The summed E-state index contributed by atoms with van der Waals surface area (Å²) in [4.78, 5) is 4.65. The van der Waals surface area contributed by atoms with Crippen LogP contribution in [-0.4, -0.2) is 20.8 Å². The zero-order valence-electron chi connectivity index (χ0n) is 11.3. The van der Waals surface area contributed by atoms with E-state index in [0.29, 0.717) is 12.0 Å². The Kier molecular flexibility index (Phi) is 3.34. The summed E-state index contributed by atoms with van der Waals surface area (Å²) in [6.45, 7) is 2.01. The Morgan fingerprint density at radius 2 is 1.79 bits per heavy atom. The first-order chi connectivity index (χ1) is 9.24. The third-order valence-corrected chi connectivity index (χ3v) is 3.92. The SMILES string of the molecule is Cc1nc(C2CCC(N)CC2)nn1-c1ccccc1. The molecule has 1 saturated carbocycles. The average molecular weight is 256 g/mol. The molecule has 2 aromatic rings. The van der Waals surface area contributed by atoms with Crippen molar-refractivity contribution in [3.05, 3.63) is 42.0 Å². The van der Waals surface area contributed by atoms with E-state index in [9.17, 15) is 0 Å². The van der Waals surface area contributed by atoms with Gasteiger partial charge >= 0.3 is 0 Å². The van der Waals surface area contributed by atoms with E-state index in [2.05, 4.69) is 17.1 Å². The van der Waals surface area contributed by atoms with Crippen molar-refractivity contribution in [3.63, 3.8) is 0 Å². The van der Waals surface area contributed by atoms with E-state index in [1.54, 1.807) is 0 Å². The fourth-order valence-electron chi connectivity index (χ4n) is 2.77. The highest BCUT2D eigenvalue weighted by Gasteiger charge is 2.24. The first-order valence-electron chi connectivity index (χ1n) is 6.98. The Hall–Kier alpha value is -1.68. The van der Waals surface area contributed by atoms with E-state index in [4.69, 9.17) is 10.8 Å². The zero-order valence-corrected chi connectivity index (χ0v) is 11.3. The molecule has 1 fully saturated rings. The van der Waals surface area contributed by atoms with Gasteiger partial charge in [-0.05, 0) is 44.7 Å². The molecule has 0 spiro atoms. The van der Waals surface area contributed by atoms with Crippen molar-refractivity contribution in [1.29, 1.82) is 0 Å². The molecule has 1 heterocycles. The van der Waals surface area contributed by atoms with Crippen LogP contribution in [0.3, 0.4) is 0 Å². The number of nitrogens with zero attached hydrogens (tertiary/aromatic N) is 3. The van der Waals surface area contributed by atoms with Gasteiger partial charge in [0.1, 0.15) is 5.82 Å². The van der Waals surface area contributed by atoms with Crippen LogP contribution in [0.25, 0.3) is 5.69 Å². The molecule has 100 valence electrons. The van der Waals surface area contributed by atoms with Gasteiger partial charge in [-0.25, -0.2) is 9.67 Å².